The van der Waals surface area contributed by atoms with E-state index < -0.39 is 0 Å². The molecule has 0 spiro atoms. The molecule has 1 N–H and O–H groups in total. The highest BCUT2D eigenvalue weighted by molar-refractivity contribution is 7.99. The molecule has 2 heterocycles. The van der Waals surface area contributed by atoms with Crippen molar-refractivity contribution >= 4 is 23.7 Å². The van der Waals surface area contributed by atoms with Crippen molar-refractivity contribution in [3.63, 3.8) is 0 Å². The van der Waals surface area contributed by atoms with Gasteiger partial charge in [-0.3, -0.25) is 15.1 Å². The van der Waals surface area contributed by atoms with Crippen LogP contribution in [0.2, 0.25) is 0 Å². The second-order valence-electron chi connectivity index (χ2n) is 5.16. The van der Waals surface area contributed by atoms with Gasteiger partial charge in [-0.25, -0.2) is 0 Å². The second kappa shape index (κ2) is 6.19. The van der Waals surface area contributed by atoms with E-state index in [1.54, 1.807) is 23.9 Å². The van der Waals surface area contributed by atoms with E-state index in [0.717, 1.165) is 11.5 Å². The van der Waals surface area contributed by atoms with Crippen LogP contribution in [0.25, 0.3) is 0 Å². The molecule has 124 valence electrons. The SMILES string of the molecule is COc1cc(C(=O)N2C(=N)O[C@H]3CSC[C@@H]32)cc(OC)c1OC. The number of methoxy groups -OCH3 is 3. The van der Waals surface area contributed by atoms with E-state index >= 15 is 0 Å². The van der Waals surface area contributed by atoms with Crippen LogP contribution in [0.1, 0.15) is 10.4 Å². The van der Waals surface area contributed by atoms with Crippen molar-refractivity contribution in [2.75, 3.05) is 32.8 Å². The third-order valence-corrected chi connectivity index (χ3v) is 5.09. The van der Waals surface area contributed by atoms with Crippen LogP contribution in [0.4, 0.5) is 0 Å². The summed E-state index contributed by atoms with van der Waals surface area (Å²) in [5.41, 5.74) is 0.366. The average molecular weight is 338 g/mol. The number of amidine groups is 1. The Balaban J connectivity index is 1.97. The summed E-state index contributed by atoms with van der Waals surface area (Å²) < 4.78 is 21.3. The summed E-state index contributed by atoms with van der Waals surface area (Å²) in [5.74, 6) is 2.49. The second-order valence-corrected chi connectivity index (χ2v) is 6.23. The van der Waals surface area contributed by atoms with Crippen LogP contribution in [-0.4, -0.2) is 61.8 Å². The number of rotatable bonds is 4. The lowest BCUT2D eigenvalue weighted by Crippen LogP contribution is -2.41. The predicted molar refractivity (Wildman–Crippen MR) is 86.0 cm³/mol. The van der Waals surface area contributed by atoms with Crippen LogP contribution in [0.5, 0.6) is 17.2 Å². The number of amides is 1. The summed E-state index contributed by atoms with van der Waals surface area (Å²) in [5, 5.41) is 7.95. The van der Waals surface area contributed by atoms with E-state index in [0.29, 0.717) is 22.8 Å². The molecule has 2 fully saturated rings. The topological polar surface area (TPSA) is 81.1 Å². The molecule has 1 amide bonds. The van der Waals surface area contributed by atoms with Crippen molar-refractivity contribution in [3.8, 4) is 17.2 Å². The Morgan fingerprint density at radius 3 is 2.43 bits per heavy atom. The van der Waals surface area contributed by atoms with Gasteiger partial charge in [0.2, 0.25) is 5.75 Å². The van der Waals surface area contributed by atoms with Crippen molar-refractivity contribution < 1.29 is 23.7 Å². The van der Waals surface area contributed by atoms with Gasteiger partial charge < -0.3 is 18.9 Å². The summed E-state index contributed by atoms with van der Waals surface area (Å²) >= 11 is 1.72. The molecule has 1 aromatic rings. The van der Waals surface area contributed by atoms with Gasteiger partial charge in [0.05, 0.1) is 27.4 Å². The smallest absolute Gasteiger partial charge is 0.292 e. The van der Waals surface area contributed by atoms with Crippen molar-refractivity contribution in [3.05, 3.63) is 17.7 Å². The van der Waals surface area contributed by atoms with Crippen LogP contribution in [0.15, 0.2) is 12.1 Å². The number of benzene rings is 1. The number of carbonyl (C=O) groups excluding carboxylic acids is 1. The molecule has 2 aliphatic heterocycles. The molecule has 1 aromatic carbocycles. The Bertz CT molecular complexity index is 626. The van der Waals surface area contributed by atoms with Gasteiger partial charge in [-0.1, -0.05) is 0 Å². The van der Waals surface area contributed by atoms with Crippen molar-refractivity contribution in [2.45, 2.75) is 12.1 Å². The largest absolute Gasteiger partial charge is 0.493 e. The molecule has 2 saturated heterocycles. The number of fused-ring (bicyclic) bond motifs is 1. The van der Waals surface area contributed by atoms with Gasteiger partial charge >= 0.3 is 0 Å². The van der Waals surface area contributed by atoms with Gasteiger partial charge in [-0.15, -0.1) is 0 Å². The highest BCUT2D eigenvalue weighted by Gasteiger charge is 2.46. The Kier molecular flexibility index (Phi) is 4.25. The van der Waals surface area contributed by atoms with Crippen molar-refractivity contribution in [1.82, 2.24) is 4.90 Å². The Hall–Kier alpha value is -2.09. The number of carbonyl (C=O) groups is 1. The number of thioether (sulfide) groups is 1. The zero-order valence-corrected chi connectivity index (χ0v) is 13.9. The minimum Gasteiger partial charge on any atom is -0.493 e. The fourth-order valence-corrected chi connectivity index (χ4v) is 4.08. The third-order valence-electron chi connectivity index (χ3n) is 3.94. The fraction of sp³-hybridized carbons (Fsp3) is 0.467. The van der Waals surface area contributed by atoms with E-state index in [2.05, 4.69) is 0 Å². The number of hydrogen-bond acceptors (Lipinski definition) is 7. The highest BCUT2D eigenvalue weighted by Crippen LogP contribution is 2.39. The molecule has 0 aromatic heterocycles. The maximum Gasteiger partial charge on any atom is 0.292 e. The summed E-state index contributed by atoms with van der Waals surface area (Å²) in [6.07, 6.45) is -0.0986. The zero-order chi connectivity index (χ0) is 16.6. The molecule has 2 aliphatic rings. The monoisotopic (exact) mass is 338 g/mol. The van der Waals surface area contributed by atoms with Crippen LogP contribution in [0.3, 0.4) is 0 Å². The molecule has 0 bridgehead atoms. The zero-order valence-electron chi connectivity index (χ0n) is 13.1. The Morgan fingerprint density at radius 1 is 1.22 bits per heavy atom. The first kappa shape index (κ1) is 15.8. The van der Waals surface area contributed by atoms with Crippen LogP contribution < -0.4 is 14.2 Å². The average Bonchev–Trinajstić information content (AvgIpc) is 3.12. The van der Waals surface area contributed by atoms with Gasteiger partial charge in [0.1, 0.15) is 6.10 Å². The predicted octanol–water partition coefficient (Wildman–Crippen LogP) is 1.60. The third kappa shape index (κ3) is 2.56. The highest BCUT2D eigenvalue weighted by atomic mass is 32.2. The van der Waals surface area contributed by atoms with E-state index in [-0.39, 0.29) is 24.1 Å². The molecule has 7 nitrogen and oxygen atoms in total. The fourth-order valence-electron chi connectivity index (χ4n) is 2.81. The van der Waals surface area contributed by atoms with Gasteiger partial charge in [-0.2, -0.15) is 11.8 Å². The molecule has 8 heteroatoms. The Morgan fingerprint density at radius 2 is 1.87 bits per heavy atom. The van der Waals surface area contributed by atoms with Gasteiger partial charge in [0.25, 0.3) is 11.9 Å². The minimum absolute atomic E-state index is 0.0981. The van der Waals surface area contributed by atoms with E-state index in [1.165, 1.54) is 26.2 Å². The van der Waals surface area contributed by atoms with Gasteiger partial charge in [0.15, 0.2) is 11.5 Å². The minimum atomic E-state index is -0.302. The molecule has 0 radical (unpaired) electrons. The maximum absolute atomic E-state index is 12.9. The quantitative estimate of drug-likeness (QED) is 0.898. The number of nitrogens with one attached hydrogen (secondary N) is 1. The lowest BCUT2D eigenvalue weighted by molar-refractivity contribution is 0.0822. The molecule has 0 saturated carbocycles. The van der Waals surface area contributed by atoms with Crippen LogP contribution >= 0.6 is 11.8 Å². The summed E-state index contributed by atoms with van der Waals surface area (Å²) in [4.78, 5) is 14.3. The lowest BCUT2D eigenvalue weighted by atomic mass is 10.1. The molecular weight excluding hydrogens is 320 g/mol. The summed E-state index contributed by atoms with van der Waals surface area (Å²) in [6, 6.07) is 2.98. The van der Waals surface area contributed by atoms with E-state index in [4.69, 9.17) is 24.4 Å². The first-order valence-electron chi connectivity index (χ1n) is 7.07. The maximum atomic E-state index is 12.9. The molecule has 23 heavy (non-hydrogen) atoms. The first-order valence-corrected chi connectivity index (χ1v) is 8.22. The Labute approximate surface area is 138 Å². The lowest BCUT2D eigenvalue weighted by Gasteiger charge is -2.20. The van der Waals surface area contributed by atoms with Crippen molar-refractivity contribution in [2.24, 2.45) is 0 Å². The number of hydrogen-bond donors (Lipinski definition) is 1. The normalized spacial score (nSPS) is 22.6. The molecular formula is C15H18N2O5S. The van der Waals surface area contributed by atoms with Gasteiger partial charge in [0, 0.05) is 17.1 Å². The van der Waals surface area contributed by atoms with Crippen LogP contribution in [-0.2, 0) is 4.74 Å². The number of nitrogens with zero attached hydrogens (tertiary/aromatic N) is 1. The summed E-state index contributed by atoms with van der Waals surface area (Å²) in [7, 11) is 4.50. The standard InChI is InChI=1S/C15H18N2O5S/c1-19-10-4-8(5-11(20-2)13(10)21-3)14(18)17-9-6-23-7-12(9)22-15(17)16/h4-5,9,12,16H,6-7H2,1-3H3/t9-,12-/m0/s1. The molecule has 3 rings (SSSR count). The molecule has 0 unspecified atom stereocenters. The van der Waals surface area contributed by atoms with E-state index in [9.17, 15) is 4.79 Å². The first-order chi connectivity index (χ1) is 11.1. The van der Waals surface area contributed by atoms with Crippen LogP contribution in [0, 0.1) is 5.41 Å². The van der Waals surface area contributed by atoms with Gasteiger partial charge in [-0.05, 0) is 12.1 Å². The van der Waals surface area contributed by atoms with Crippen molar-refractivity contribution in [1.29, 1.82) is 5.41 Å². The molecule has 0 aliphatic carbocycles. The summed E-state index contributed by atoms with van der Waals surface area (Å²) in [6.45, 7) is 0. The molecule has 2 atom stereocenters. The van der Waals surface area contributed by atoms with E-state index in [1.807, 2.05) is 0 Å². The number of ether oxygens (including phenoxy) is 4.